The van der Waals surface area contributed by atoms with Crippen molar-refractivity contribution in [1.29, 1.82) is 0 Å². The zero-order valence-corrected chi connectivity index (χ0v) is 17.9. The van der Waals surface area contributed by atoms with Crippen molar-refractivity contribution in [1.82, 2.24) is 15.8 Å². The summed E-state index contributed by atoms with van der Waals surface area (Å²) < 4.78 is 0. The van der Waals surface area contributed by atoms with E-state index in [1.165, 1.54) is 10.4 Å². The fraction of sp³-hybridized carbons (Fsp3) is 0.0417. The normalized spacial score (nSPS) is 10.6. The van der Waals surface area contributed by atoms with E-state index in [0.29, 0.717) is 10.6 Å². The molecule has 7 heteroatoms. The molecule has 0 atom stereocenters. The molecule has 1 amide bonds. The molecule has 0 aliphatic heterocycles. The molecule has 0 unspecified atom stereocenters. The number of hydrogen-bond acceptors (Lipinski definition) is 4. The minimum Gasteiger partial charge on any atom is -0.297 e. The van der Waals surface area contributed by atoms with Crippen LogP contribution in [0.15, 0.2) is 84.9 Å². The predicted molar refractivity (Wildman–Crippen MR) is 125 cm³/mol. The highest BCUT2D eigenvalue weighted by Crippen LogP contribution is 2.12. The number of pyridine rings is 1. The summed E-state index contributed by atoms with van der Waals surface area (Å²) in [6, 6.07) is 26.6. The summed E-state index contributed by atoms with van der Waals surface area (Å²) in [6.45, 7) is 0.210. The molecule has 0 saturated carbocycles. The molecule has 2 aromatic carbocycles. The molecule has 2 N–H and O–H groups in total. The molecule has 1 heterocycles. The highest BCUT2D eigenvalue weighted by atomic mass is 35.5. The minimum absolute atomic E-state index is 0.0701. The Morgan fingerprint density at radius 1 is 0.903 bits per heavy atom. The molecule has 31 heavy (non-hydrogen) atoms. The van der Waals surface area contributed by atoms with Crippen molar-refractivity contribution in [2.24, 2.45) is 0 Å². The Balaban J connectivity index is 0.000000325. The number of amides is 1. The Morgan fingerprint density at radius 3 is 2.23 bits per heavy atom. The van der Waals surface area contributed by atoms with Crippen molar-refractivity contribution in [2.45, 2.75) is 6.61 Å². The van der Waals surface area contributed by atoms with Crippen LogP contribution in [0, 0.1) is 10.4 Å². The van der Waals surface area contributed by atoms with Gasteiger partial charge in [0.2, 0.25) is 0 Å². The summed E-state index contributed by atoms with van der Waals surface area (Å²) in [4.78, 5) is 21.8. The van der Waals surface area contributed by atoms with Crippen molar-refractivity contribution < 1.29 is 9.63 Å². The highest BCUT2D eigenvalue weighted by molar-refractivity contribution is 7.80. The fourth-order valence-electron chi connectivity index (χ4n) is 2.83. The lowest BCUT2D eigenvalue weighted by Crippen LogP contribution is -2.39. The van der Waals surface area contributed by atoms with E-state index in [2.05, 4.69) is 40.0 Å². The number of carbonyl (C=O) groups is 1. The Labute approximate surface area is 189 Å². The Hall–Kier alpha value is -3.32. The molecule has 5 nitrogen and oxygen atoms in total. The third-order valence-corrected chi connectivity index (χ3v) is 5.03. The molecule has 154 valence electrons. The van der Waals surface area contributed by atoms with Crippen LogP contribution in [-0.2, 0) is 11.4 Å². The minimum atomic E-state index is -0.346. The zero-order valence-electron chi connectivity index (χ0n) is 16.3. The molecule has 0 bridgehead atoms. The molecular weight excluding hydrogens is 430 g/mol. The van der Waals surface area contributed by atoms with Gasteiger partial charge in [0, 0.05) is 16.0 Å². The standard InChI is InChI=1S/C18H14ClN3O2S.C6H4/c19-14-8-5-13(6-9-14)17(23)21-18(25)22-24-11-15-10-7-12-3-1-2-4-16(12)20-15;1-2-6-4-3-5(1)6/h1-10H,11H2,(H2,21,22,23,25);1-4H. The van der Waals surface area contributed by atoms with Gasteiger partial charge in [-0.3, -0.25) is 19.9 Å². The van der Waals surface area contributed by atoms with Crippen LogP contribution in [0.2, 0.25) is 5.02 Å². The molecule has 0 radical (unpaired) electrons. The number of thiocarbonyl (C=S) groups is 1. The van der Waals surface area contributed by atoms with Gasteiger partial charge in [0.25, 0.3) is 5.91 Å². The van der Waals surface area contributed by atoms with Crippen LogP contribution in [0.1, 0.15) is 16.1 Å². The van der Waals surface area contributed by atoms with E-state index in [1.807, 2.05) is 36.4 Å². The van der Waals surface area contributed by atoms with Gasteiger partial charge >= 0.3 is 0 Å². The van der Waals surface area contributed by atoms with Crippen molar-refractivity contribution >= 4 is 45.7 Å². The van der Waals surface area contributed by atoms with Gasteiger partial charge in [-0.2, -0.15) is 0 Å². The van der Waals surface area contributed by atoms with E-state index in [0.717, 1.165) is 16.6 Å². The topological polar surface area (TPSA) is 63.2 Å². The summed E-state index contributed by atoms with van der Waals surface area (Å²) in [6.07, 6.45) is 0. The highest BCUT2D eigenvalue weighted by Gasteiger charge is 2.08. The SMILES string of the molecule is O=C(NC(=S)NOCc1ccc2ccccc2n1)c1ccc(Cl)cc1.c1cc2ccc1=2. The molecule has 0 spiro atoms. The first kappa shape index (κ1) is 20.9. The molecular formula is C24H18ClN3O2S. The van der Waals surface area contributed by atoms with Crippen LogP contribution in [0.25, 0.3) is 10.9 Å². The third kappa shape index (κ3) is 5.44. The van der Waals surface area contributed by atoms with E-state index in [9.17, 15) is 4.79 Å². The van der Waals surface area contributed by atoms with Gasteiger partial charge < -0.3 is 0 Å². The van der Waals surface area contributed by atoms with E-state index < -0.39 is 0 Å². The number of nitrogens with one attached hydrogen (secondary N) is 2. The first-order chi connectivity index (χ1) is 15.1. The Bertz CT molecular complexity index is 1290. The molecule has 0 saturated heterocycles. The largest absolute Gasteiger partial charge is 0.297 e. The van der Waals surface area contributed by atoms with Gasteiger partial charge in [-0.15, -0.1) is 0 Å². The van der Waals surface area contributed by atoms with E-state index in [-0.39, 0.29) is 17.6 Å². The summed E-state index contributed by atoms with van der Waals surface area (Å²) in [5.74, 6) is -0.346. The number of carbonyl (C=O) groups excluding carboxylic acids is 1. The van der Waals surface area contributed by atoms with Gasteiger partial charge in [-0.25, -0.2) is 5.48 Å². The number of halogens is 1. The molecule has 2 aliphatic rings. The van der Waals surface area contributed by atoms with Crippen molar-refractivity contribution in [3.8, 4) is 0 Å². The lowest BCUT2D eigenvalue weighted by molar-refractivity contribution is 0.0673. The predicted octanol–water partition coefficient (Wildman–Crippen LogP) is 4.91. The Kier molecular flexibility index (Phi) is 6.52. The van der Waals surface area contributed by atoms with Crippen LogP contribution in [0.5, 0.6) is 0 Å². The summed E-state index contributed by atoms with van der Waals surface area (Å²) in [5, 5.41) is 7.07. The van der Waals surface area contributed by atoms with Gasteiger partial charge in [-0.05, 0) is 59.1 Å². The summed E-state index contributed by atoms with van der Waals surface area (Å²) in [7, 11) is 0. The number of benzene rings is 3. The van der Waals surface area contributed by atoms with E-state index >= 15 is 0 Å². The maximum Gasteiger partial charge on any atom is 0.257 e. The van der Waals surface area contributed by atoms with Gasteiger partial charge in [0.05, 0.1) is 11.2 Å². The van der Waals surface area contributed by atoms with Crippen molar-refractivity contribution in [2.75, 3.05) is 0 Å². The quantitative estimate of drug-likeness (QED) is 0.303. The third-order valence-electron chi connectivity index (χ3n) is 4.59. The first-order valence-corrected chi connectivity index (χ1v) is 10.3. The fourth-order valence-corrected chi connectivity index (χ4v) is 3.11. The number of hydroxylamine groups is 1. The first-order valence-electron chi connectivity index (χ1n) is 9.52. The maximum absolute atomic E-state index is 12.0. The monoisotopic (exact) mass is 447 g/mol. The number of aromatic nitrogens is 1. The van der Waals surface area contributed by atoms with E-state index in [1.54, 1.807) is 24.3 Å². The molecule has 1 aromatic heterocycles. The lowest BCUT2D eigenvalue weighted by Gasteiger charge is -2.10. The molecule has 3 aromatic rings. The van der Waals surface area contributed by atoms with Crippen molar-refractivity contribution in [3.05, 3.63) is 112 Å². The van der Waals surface area contributed by atoms with Crippen LogP contribution in [0.3, 0.4) is 0 Å². The lowest BCUT2D eigenvalue weighted by atomic mass is 10.1. The van der Waals surface area contributed by atoms with Crippen LogP contribution >= 0.6 is 23.8 Å². The zero-order chi connectivity index (χ0) is 21.6. The van der Waals surface area contributed by atoms with Crippen LogP contribution < -0.4 is 10.8 Å². The molecule has 5 rings (SSSR count). The number of fused-ring (bicyclic) bond motifs is 1. The van der Waals surface area contributed by atoms with Gasteiger partial charge in [-0.1, -0.05) is 60.1 Å². The van der Waals surface area contributed by atoms with Gasteiger partial charge in [0.15, 0.2) is 5.11 Å². The van der Waals surface area contributed by atoms with E-state index in [4.69, 9.17) is 28.7 Å². The second-order valence-electron chi connectivity index (χ2n) is 6.75. The van der Waals surface area contributed by atoms with Crippen LogP contribution in [-0.4, -0.2) is 16.0 Å². The average molecular weight is 448 g/mol. The number of nitrogens with zero attached hydrogens (tertiary/aromatic N) is 1. The molecule has 0 fully saturated rings. The number of para-hydroxylation sites is 1. The summed E-state index contributed by atoms with van der Waals surface area (Å²) >= 11 is 10.8. The van der Waals surface area contributed by atoms with Gasteiger partial charge in [0.1, 0.15) is 6.61 Å². The summed E-state index contributed by atoms with van der Waals surface area (Å²) in [5.41, 5.74) is 4.61. The number of rotatable bonds is 4. The average Bonchev–Trinajstić information content (AvgIpc) is 2.77. The molecule has 2 aliphatic carbocycles. The second kappa shape index (κ2) is 9.66. The Morgan fingerprint density at radius 2 is 1.58 bits per heavy atom. The second-order valence-corrected chi connectivity index (χ2v) is 7.60. The smallest absolute Gasteiger partial charge is 0.257 e. The van der Waals surface area contributed by atoms with Crippen LogP contribution in [0.4, 0.5) is 0 Å². The van der Waals surface area contributed by atoms with Crippen molar-refractivity contribution in [3.63, 3.8) is 0 Å². The maximum atomic E-state index is 12.0. The number of hydrogen-bond donors (Lipinski definition) is 2.